The van der Waals surface area contributed by atoms with E-state index in [2.05, 4.69) is 37.9 Å². The summed E-state index contributed by atoms with van der Waals surface area (Å²) < 4.78 is 2.22. The van der Waals surface area contributed by atoms with E-state index in [9.17, 15) is 4.79 Å². The van der Waals surface area contributed by atoms with Crippen LogP contribution in [0.1, 0.15) is 24.1 Å². The molecule has 0 radical (unpaired) electrons. The van der Waals surface area contributed by atoms with Crippen LogP contribution in [-0.2, 0) is 11.2 Å². The van der Waals surface area contributed by atoms with Gasteiger partial charge in [0.1, 0.15) is 0 Å². The summed E-state index contributed by atoms with van der Waals surface area (Å²) in [5.41, 5.74) is 0. The number of carboxylic acid groups (broad SMARTS) is 1. The van der Waals surface area contributed by atoms with Gasteiger partial charge in [-0.2, -0.15) is 0 Å². The van der Waals surface area contributed by atoms with Crippen LogP contribution >= 0.6 is 43.2 Å². The molecular formula is C11H12Br2O2S. The van der Waals surface area contributed by atoms with E-state index in [-0.39, 0.29) is 5.92 Å². The summed E-state index contributed by atoms with van der Waals surface area (Å²) in [6.07, 6.45) is 3.74. The molecule has 16 heavy (non-hydrogen) atoms. The molecule has 0 saturated heterocycles. The van der Waals surface area contributed by atoms with Crippen molar-refractivity contribution in [3.63, 3.8) is 0 Å². The standard InChI is InChI=1S/C11H12Br2O2S/c12-9-5-8(16-10(9)13)4-6-1-2-7(3-6)11(14)15/h5-7H,1-4H2,(H,14,15)/t6-,7-/m1/s1. The van der Waals surface area contributed by atoms with Gasteiger partial charge in [-0.1, -0.05) is 0 Å². The predicted octanol–water partition coefficient (Wildman–Crippen LogP) is 4.32. The third-order valence-corrected chi connectivity index (χ3v) is 6.36. The topological polar surface area (TPSA) is 37.3 Å². The van der Waals surface area contributed by atoms with E-state index in [0.29, 0.717) is 5.92 Å². The number of aliphatic carboxylic acids is 1. The molecule has 1 N–H and O–H groups in total. The average Bonchev–Trinajstić information content (AvgIpc) is 2.76. The molecule has 5 heteroatoms. The van der Waals surface area contributed by atoms with Crippen molar-refractivity contribution in [1.82, 2.24) is 0 Å². The van der Waals surface area contributed by atoms with Gasteiger partial charge >= 0.3 is 5.97 Å². The van der Waals surface area contributed by atoms with Crippen molar-refractivity contribution in [1.29, 1.82) is 0 Å². The molecule has 1 saturated carbocycles. The van der Waals surface area contributed by atoms with Gasteiger partial charge in [-0.05, 0) is 69.5 Å². The van der Waals surface area contributed by atoms with E-state index in [1.54, 1.807) is 11.3 Å². The number of hydrogen-bond acceptors (Lipinski definition) is 2. The lowest BCUT2D eigenvalue weighted by Gasteiger charge is -2.06. The first-order valence-electron chi connectivity index (χ1n) is 5.22. The SMILES string of the molecule is O=C(O)[C@@H]1CC[C@@H](Cc2cc(Br)c(Br)s2)C1. The zero-order valence-electron chi connectivity index (χ0n) is 8.58. The van der Waals surface area contributed by atoms with Gasteiger partial charge in [-0.15, -0.1) is 11.3 Å². The minimum atomic E-state index is -0.629. The van der Waals surface area contributed by atoms with Crippen molar-refractivity contribution in [2.24, 2.45) is 11.8 Å². The molecule has 0 bridgehead atoms. The molecule has 2 rings (SSSR count). The number of rotatable bonds is 3. The summed E-state index contributed by atoms with van der Waals surface area (Å²) in [5, 5.41) is 8.93. The highest BCUT2D eigenvalue weighted by atomic mass is 79.9. The molecule has 2 nitrogen and oxygen atoms in total. The fourth-order valence-electron chi connectivity index (χ4n) is 2.26. The molecule has 0 aromatic carbocycles. The van der Waals surface area contributed by atoms with Crippen molar-refractivity contribution < 1.29 is 9.90 Å². The highest BCUT2D eigenvalue weighted by Gasteiger charge is 2.29. The van der Waals surface area contributed by atoms with E-state index in [1.807, 2.05) is 0 Å². The number of thiophene rings is 1. The minimum Gasteiger partial charge on any atom is -0.481 e. The maximum absolute atomic E-state index is 10.8. The Morgan fingerprint density at radius 2 is 2.25 bits per heavy atom. The van der Waals surface area contributed by atoms with Crippen LogP contribution in [0.25, 0.3) is 0 Å². The summed E-state index contributed by atoms with van der Waals surface area (Å²) in [7, 11) is 0. The molecule has 1 heterocycles. The highest BCUT2D eigenvalue weighted by Crippen LogP contribution is 2.38. The Bertz CT molecular complexity index is 383. The highest BCUT2D eigenvalue weighted by molar-refractivity contribution is 9.13. The Morgan fingerprint density at radius 1 is 1.50 bits per heavy atom. The zero-order valence-corrected chi connectivity index (χ0v) is 12.6. The Labute approximate surface area is 115 Å². The van der Waals surface area contributed by atoms with Crippen LogP contribution in [0.3, 0.4) is 0 Å². The van der Waals surface area contributed by atoms with Gasteiger partial charge in [-0.3, -0.25) is 4.79 Å². The van der Waals surface area contributed by atoms with Crippen molar-refractivity contribution in [3.05, 3.63) is 19.2 Å². The first kappa shape index (κ1) is 12.6. The Kier molecular flexibility index (Phi) is 4.08. The lowest BCUT2D eigenvalue weighted by molar-refractivity contribution is -0.141. The van der Waals surface area contributed by atoms with E-state index in [1.165, 1.54) is 4.88 Å². The van der Waals surface area contributed by atoms with Crippen molar-refractivity contribution in [2.45, 2.75) is 25.7 Å². The van der Waals surface area contributed by atoms with Crippen LogP contribution in [-0.4, -0.2) is 11.1 Å². The second kappa shape index (κ2) is 5.19. The quantitative estimate of drug-likeness (QED) is 0.863. The fourth-order valence-corrected chi connectivity index (χ4v) is 4.55. The monoisotopic (exact) mass is 366 g/mol. The lowest BCUT2D eigenvalue weighted by Crippen LogP contribution is -2.09. The van der Waals surface area contributed by atoms with E-state index < -0.39 is 5.97 Å². The van der Waals surface area contributed by atoms with Crippen molar-refractivity contribution >= 4 is 49.2 Å². The minimum absolute atomic E-state index is 0.114. The maximum Gasteiger partial charge on any atom is 0.306 e. The van der Waals surface area contributed by atoms with Crippen LogP contribution in [0.4, 0.5) is 0 Å². The van der Waals surface area contributed by atoms with Gasteiger partial charge in [0.25, 0.3) is 0 Å². The van der Waals surface area contributed by atoms with Gasteiger partial charge in [-0.25, -0.2) is 0 Å². The first-order chi connectivity index (χ1) is 7.56. The first-order valence-corrected chi connectivity index (χ1v) is 7.63. The molecular weight excluding hydrogens is 356 g/mol. The summed E-state index contributed by atoms with van der Waals surface area (Å²) in [6, 6.07) is 2.13. The molecule has 88 valence electrons. The Morgan fingerprint density at radius 3 is 2.75 bits per heavy atom. The summed E-state index contributed by atoms with van der Waals surface area (Å²) in [5.74, 6) is -0.202. The summed E-state index contributed by atoms with van der Waals surface area (Å²) in [4.78, 5) is 12.2. The van der Waals surface area contributed by atoms with E-state index in [0.717, 1.165) is 33.9 Å². The zero-order chi connectivity index (χ0) is 11.7. The number of carbonyl (C=O) groups is 1. The third-order valence-electron chi connectivity index (χ3n) is 3.08. The van der Waals surface area contributed by atoms with Crippen LogP contribution in [0, 0.1) is 11.8 Å². The van der Waals surface area contributed by atoms with Crippen LogP contribution < -0.4 is 0 Å². The van der Waals surface area contributed by atoms with Crippen LogP contribution in [0.5, 0.6) is 0 Å². The van der Waals surface area contributed by atoms with Crippen LogP contribution in [0.15, 0.2) is 14.3 Å². The number of halogens is 2. The van der Waals surface area contributed by atoms with Crippen molar-refractivity contribution in [2.75, 3.05) is 0 Å². The molecule has 0 unspecified atom stereocenters. The normalized spacial score (nSPS) is 24.9. The Hall–Kier alpha value is 0.130. The fraction of sp³-hybridized carbons (Fsp3) is 0.545. The molecule has 0 aliphatic heterocycles. The average molecular weight is 368 g/mol. The Balaban J connectivity index is 1.94. The van der Waals surface area contributed by atoms with Gasteiger partial charge in [0.2, 0.25) is 0 Å². The molecule has 1 aromatic rings. The van der Waals surface area contributed by atoms with Gasteiger partial charge < -0.3 is 5.11 Å². The molecule has 1 fully saturated rings. The van der Waals surface area contributed by atoms with Gasteiger partial charge in [0.15, 0.2) is 0 Å². The molecule has 1 aromatic heterocycles. The number of carboxylic acids is 1. The summed E-state index contributed by atoms with van der Waals surface area (Å²) >= 11 is 8.68. The van der Waals surface area contributed by atoms with Crippen LogP contribution in [0.2, 0.25) is 0 Å². The third kappa shape index (κ3) is 2.87. The summed E-state index contributed by atoms with van der Waals surface area (Å²) in [6.45, 7) is 0. The second-order valence-electron chi connectivity index (χ2n) is 4.25. The van der Waals surface area contributed by atoms with Crippen molar-refractivity contribution in [3.8, 4) is 0 Å². The lowest BCUT2D eigenvalue weighted by atomic mass is 10.0. The largest absolute Gasteiger partial charge is 0.481 e. The van der Waals surface area contributed by atoms with Gasteiger partial charge in [0.05, 0.1) is 9.70 Å². The molecule has 2 atom stereocenters. The molecule has 1 aliphatic carbocycles. The molecule has 0 amide bonds. The van der Waals surface area contributed by atoms with E-state index in [4.69, 9.17) is 5.11 Å². The molecule has 0 spiro atoms. The maximum atomic E-state index is 10.8. The smallest absolute Gasteiger partial charge is 0.306 e. The van der Waals surface area contributed by atoms with Gasteiger partial charge in [0, 0.05) is 9.35 Å². The predicted molar refractivity (Wildman–Crippen MR) is 71.9 cm³/mol. The second-order valence-corrected chi connectivity index (χ2v) is 7.56. The molecule has 1 aliphatic rings. The van der Waals surface area contributed by atoms with E-state index >= 15 is 0 Å². The number of hydrogen-bond donors (Lipinski definition) is 1.